The lowest BCUT2D eigenvalue weighted by molar-refractivity contribution is 0.236. The number of rotatable bonds is 3. The number of fused-ring (bicyclic) bond motifs is 1. The molecule has 2 N–H and O–H groups in total. The minimum atomic E-state index is 0.177. The monoisotopic (exact) mass is 219 g/mol. The van der Waals surface area contributed by atoms with Crippen molar-refractivity contribution in [1.29, 1.82) is 0 Å². The van der Waals surface area contributed by atoms with E-state index < -0.39 is 0 Å². The van der Waals surface area contributed by atoms with Crippen molar-refractivity contribution >= 4 is 0 Å². The molecular weight excluding hydrogens is 198 g/mol. The molecule has 0 saturated heterocycles. The van der Waals surface area contributed by atoms with Crippen LogP contribution in [0.3, 0.4) is 0 Å². The summed E-state index contributed by atoms with van der Waals surface area (Å²) in [5.74, 6) is 0. The predicted octanol–water partition coefficient (Wildman–Crippen LogP) is 2.34. The highest BCUT2D eigenvalue weighted by molar-refractivity contribution is 5.35. The molecule has 0 bridgehead atoms. The summed E-state index contributed by atoms with van der Waals surface area (Å²) in [4.78, 5) is 0. The van der Waals surface area contributed by atoms with Crippen molar-refractivity contribution in [1.82, 2.24) is 5.32 Å². The summed E-state index contributed by atoms with van der Waals surface area (Å²) in [5, 5.41) is 12.6. The maximum Gasteiger partial charge on any atom is 0.0582 e. The molecule has 1 aliphatic carbocycles. The van der Waals surface area contributed by atoms with Crippen molar-refractivity contribution in [2.75, 3.05) is 6.61 Å². The van der Waals surface area contributed by atoms with Crippen molar-refractivity contribution in [3.63, 3.8) is 0 Å². The first-order valence-electron chi connectivity index (χ1n) is 6.17. The van der Waals surface area contributed by atoms with Gasteiger partial charge in [-0.05, 0) is 44.2 Å². The Morgan fingerprint density at radius 3 is 3.06 bits per heavy atom. The van der Waals surface area contributed by atoms with E-state index in [0.29, 0.717) is 6.04 Å². The van der Waals surface area contributed by atoms with E-state index in [-0.39, 0.29) is 12.6 Å². The number of nitrogens with one attached hydrogen (secondary N) is 1. The Morgan fingerprint density at radius 1 is 1.50 bits per heavy atom. The molecule has 1 aromatic carbocycles. The Bertz CT molecular complexity index is 362. The van der Waals surface area contributed by atoms with Crippen molar-refractivity contribution in [2.45, 2.75) is 45.2 Å². The Morgan fingerprint density at radius 2 is 2.31 bits per heavy atom. The lowest BCUT2D eigenvalue weighted by Gasteiger charge is -2.29. The second kappa shape index (κ2) is 4.98. The third-order valence-electron chi connectivity index (χ3n) is 3.38. The van der Waals surface area contributed by atoms with Gasteiger partial charge >= 0.3 is 0 Å². The zero-order valence-corrected chi connectivity index (χ0v) is 10.2. The van der Waals surface area contributed by atoms with Gasteiger partial charge in [0.2, 0.25) is 0 Å². The van der Waals surface area contributed by atoms with E-state index >= 15 is 0 Å². The van der Waals surface area contributed by atoms with Gasteiger partial charge in [0, 0.05) is 12.1 Å². The van der Waals surface area contributed by atoms with Gasteiger partial charge in [0.05, 0.1) is 6.61 Å². The van der Waals surface area contributed by atoms with Gasteiger partial charge in [0.15, 0.2) is 0 Å². The highest BCUT2D eigenvalue weighted by Crippen LogP contribution is 2.30. The van der Waals surface area contributed by atoms with E-state index in [9.17, 15) is 0 Å². The van der Waals surface area contributed by atoms with E-state index in [2.05, 4.69) is 30.4 Å². The van der Waals surface area contributed by atoms with Gasteiger partial charge in [0.25, 0.3) is 0 Å². The molecule has 0 spiro atoms. The molecule has 1 aromatic rings. The Labute approximate surface area is 97.7 Å². The molecule has 2 nitrogen and oxygen atoms in total. The Balaban J connectivity index is 2.21. The van der Waals surface area contributed by atoms with Crippen LogP contribution in [0.2, 0.25) is 0 Å². The maximum absolute atomic E-state index is 9.11. The van der Waals surface area contributed by atoms with Crippen LogP contribution in [-0.4, -0.2) is 17.8 Å². The molecule has 0 aliphatic heterocycles. The average Bonchev–Trinajstić information content (AvgIpc) is 2.29. The van der Waals surface area contributed by atoms with Crippen LogP contribution in [0.4, 0.5) is 0 Å². The molecule has 0 amide bonds. The van der Waals surface area contributed by atoms with Gasteiger partial charge in [0.1, 0.15) is 0 Å². The first-order chi connectivity index (χ1) is 7.70. The van der Waals surface area contributed by atoms with Crippen LogP contribution in [0.5, 0.6) is 0 Å². The lowest BCUT2D eigenvalue weighted by atomic mass is 9.86. The highest BCUT2D eigenvalue weighted by Gasteiger charge is 2.20. The molecule has 0 aromatic heterocycles. The summed E-state index contributed by atoms with van der Waals surface area (Å²) in [6.07, 6.45) is 3.62. The van der Waals surface area contributed by atoms with Gasteiger partial charge in [-0.25, -0.2) is 0 Å². The van der Waals surface area contributed by atoms with Crippen molar-refractivity contribution in [2.24, 2.45) is 0 Å². The summed E-state index contributed by atoms with van der Waals surface area (Å²) >= 11 is 0. The normalized spacial score (nSPS) is 21.6. The average molecular weight is 219 g/mol. The molecule has 0 radical (unpaired) electrons. The van der Waals surface area contributed by atoms with Gasteiger partial charge in [-0.2, -0.15) is 0 Å². The van der Waals surface area contributed by atoms with Crippen LogP contribution in [0.15, 0.2) is 18.2 Å². The number of aryl methyl sites for hydroxylation is 2. The van der Waals surface area contributed by atoms with Crippen LogP contribution in [0.1, 0.15) is 42.5 Å². The molecule has 0 heterocycles. The van der Waals surface area contributed by atoms with E-state index in [4.69, 9.17) is 5.11 Å². The Hall–Kier alpha value is -0.860. The quantitative estimate of drug-likeness (QED) is 0.818. The zero-order chi connectivity index (χ0) is 11.5. The number of aliphatic hydroxyl groups is 1. The first-order valence-corrected chi connectivity index (χ1v) is 6.17. The summed E-state index contributed by atoms with van der Waals surface area (Å²) in [5.41, 5.74) is 4.23. The number of aliphatic hydroxyl groups excluding tert-OH is 1. The van der Waals surface area contributed by atoms with E-state index in [0.717, 1.165) is 0 Å². The number of hydrogen-bond donors (Lipinski definition) is 2. The molecule has 0 fully saturated rings. The zero-order valence-electron chi connectivity index (χ0n) is 10.2. The minimum absolute atomic E-state index is 0.177. The second-order valence-corrected chi connectivity index (χ2v) is 4.90. The fraction of sp³-hybridized carbons (Fsp3) is 0.571. The molecular formula is C14H21NO. The summed E-state index contributed by atoms with van der Waals surface area (Å²) in [7, 11) is 0. The molecule has 2 unspecified atom stereocenters. The van der Waals surface area contributed by atoms with E-state index in [1.54, 1.807) is 0 Å². The van der Waals surface area contributed by atoms with E-state index in [1.165, 1.54) is 36.0 Å². The second-order valence-electron chi connectivity index (χ2n) is 4.90. The van der Waals surface area contributed by atoms with Gasteiger partial charge in [-0.3, -0.25) is 0 Å². The number of benzene rings is 1. The molecule has 88 valence electrons. The predicted molar refractivity (Wildman–Crippen MR) is 66.5 cm³/mol. The summed E-state index contributed by atoms with van der Waals surface area (Å²) in [6, 6.07) is 7.33. The molecule has 2 atom stereocenters. The standard InChI is InChI=1S/C14H21NO/c1-10-6-7-12-4-3-5-14(13(12)8-10)15-11(2)9-16/h6-8,11,14-16H,3-5,9H2,1-2H3. The van der Waals surface area contributed by atoms with Crippen LogP contribution in [0.25, 0.3) is 0 Å². The van der Waals surface area contributed by atoms with Crippen molar-refractivity contribution < 1.29 is 5.11 Å². The largest absolute Gasteiger partial charge is 0.395 e. The van der Waals surface area contributed by atoms with Crippen LogP contribution in [-0.2, 0) is 6.42 Å². The minimum Gasteiger partial charge on any atom is -0.395 e. The number of hydrogen-bond acceptors (Lipinski definition) is 2. The molecule has 1 aliphatic rings. The maximum atomic E-state index is 9.11. The lowest BCUT2D eigenvalue weighted by Crippen LogP contribution is -2.35. The topological polar surface area (TPSA) is 32.3 Å². The summed E-state index contributed by atoms with van der Waals surface area (Å²) in [6.45, 7) is 4.38. The van der Waals surface area contributed by atoms with Crippen LogP contribution >= 0.6 is 0 Å². The Kier molecular flexibility index (Phi) is 3.62. The third-order valence-corrected chi connectivity index (χ3v) is 3.38. The highest BCUT2D eigenvalue weighted by atomic mass is 16.3. The molecule has 2 heteroatoms. The molecule has 2 rings (SSSR count). The smallest absolute Gasteiger partial charge is 0.0582 e. The SMILES string of the molecule is Cc1ccc2c(c1)C(NC(C)CO)CCC2. The fourth-order valence-corrected chi connectivity index (χ4v) is 2.49. The van der Waals surface area contributed by atoms with Gasteiger partial charge in [-0.15, -0.1) is 0 Å². The first kappa shape index (κ1) is 11.6. The van der Waals surface area contributed by atoms with Crippen molar-refractivity contribution in [3.05, 3.63) is 34.9 Å². The van der Waals surface area contributed by atoms with Crippen LogP contribution in [0, 0.1) is 6.92 Å². The third kappa shape index (κ3) is 2.45. The van der Waals surface area contributed by atoms with E-state index in [1.807, 2.05) is 6.92 Å². The molecule has 16 heavy (non-hydrogen) atoms. The van der Waals surface area contributed by atoms with Crippen molar-refractivity contribution in [3.8, 4) is 0 Å². The van der Waals surface area contributed by atoms with Gasteiger partial charge in [-0.1, -0.05) is 23.8 Å². The fourth-order valence-electron chi connectivity index (χ4n) is 2.49. The van der Waals surface area contributed by atoms with Gasteiger partial charge < -0.3 is 10.4 Å². The molecule has 0 saturated carbocycles. The van der Waals surface area contributed by atoms with Crippen LogP contribution < -0.4 is 5.32 Å². The summed E-state index contributed by atoms with van der Waals surface area (Å²) < 4.78 is 0.